The van der Waals surface area contributed by atoms with Crippen LogP contribution in [0.1, 0.15) is 37.4 Å². The van der Waals surface area contributed by atoms with Crippen molar-refractivity contribution in [3.63, 3.8) is 0 Å². The van der Waals surface area contributed by atoms with E-state index in [1.54, 1.807) is 14.2 Å². The first-order valence-corrected chi connectivity index (χ1v) is 9.81. The summed E-state index contributed by atoms with van der Waals surface area (Å²) < 4.78 is 10.7. The Labute approximate surface area is 164 Å². The van der Waals surface area contributed by atoms with Gasteiger partial charge in [-0.2, -0.15) is 0 Å². The van der Waals surface area contributed by atoms with Gasteiger partial charge in [-0.1, -0.05) is 11.6 Å². The number of aromatic nitrogens is 2. The summed E-state index contributed by atoms with van der Waals surface area (Å²) in [4.78, 5) is 11.5. The molecule has 27 heavy (non-hydrogen) atoms. The fraction of sp³-hybridized carbons (Fsp3) is 0.500. The van der Waals surface area contributed by atoms with Crippen molar-refractivity contribution in [3.05, 3.63) is 35.2 Å². The van der Waals surface area contributed by atoms with E-state index in [9.17, 15) is 0 Å². The van der Waals surface area contributed by atoms with Crippen LogP contribution in [0.5, 0.6) is 11.5 Å². The van der Waals surface area contributed by atoms with Crippen LogP contribution < -0.4 is 19.7 Å². The average Bonchev–Trinajstić information content (AvgIpc) is 3.52. The minimum absolute atomic E-state index is 0.314. The van der Waals surface area contributed by atoms with E-state index < -0.39 is 0 Å². The summed E-state index contributed by atoms with van der Waals surface area (Å²) in [6.45, 7) is 1.86. The second kappa shape index (κ2) is 7.80. The standard InChI is InChI=1S/C20H25ClN4O2/c1-26-16-8-15(9-17(10-16)27-2)22-14-4-3-7-25(12-14)19-11-18(21)23-20(24-19)13-5-6-13/h8-11,13-14,22H,3-7,12H2,1-2H3. The Morgan fingerprint density at radius 1 is 1.04 bits per heavy atom. The molecule has 0 amide bonds. The van der Waals surface area contributed by atoms with E-state index in [4.69, 9.17) is 26.1 Å². The van der Waals surface area contributed by atoms with E-state index >= 15 is 0 Å². The van der Waals surface area contributed by atoms with Gasteiger partial charge in [0.15, 0.2) is 0 Å². The average molecular weight is 389 g/mol. The molecule has 2 aliphatic rings. The third-order valence-corrected chi connectivity index (χ3v) is 5.30. The van der Waals surface area contributed by atoms with Crippen LogP contribution in [0.15, 0.2) is 24.3 Å². The summed E-state index contributed by atoms with van der Waals surface area (Å²) in [5, 5.41) is 4.15. The van der Waals surface area contributed by atoms with Crippen molar-refractivity contribution in [1.29, 1.82) is 0 Å². The molecule has 1 unspecified atom stereocenters. The molecule has 2 fully saturated rings. The smallest absolute Gasteiger partial charge is 0.135 e. The van der Waals surface area contributed by atoms with Crippen molar-refractivity contribution in [1.82, 2.24) is 9.97 Å². The molecule has 1 saturated heterocycles. The van der Waals surface area contributed by atoms with Crippen LogP contribution in [-0.4, -0.2) is 43.3 Å². The van der Waals surface area contributed by atoms with Crippen molar-refractivity contribution in [3.8, 4) is 11.5 Å². The van der Waals surface area contributed by atoms with Gasteiger partial charge in [-0.15, -0.1) is 0 Å². The van der Waals surface area contributed by atoms with Gasteiger partial charge in [-0.25, -0.2) is 9.97 Å². The molecule has 2 heterocycles. The zero-order chi connectivity index (χ0) is 18.8. The number of nitrogens with zero attached hydrogens (tertiary/aromatic N) is 3. The third kappa shape index (κ3) is 4.38. The Kier molecular flexibility index (Phi) is 5.25. The highest BCUT2D eigenvalue weighted by atomic mass is 35.5. The number of methoxy groups -OCH3 is 2. The van der Waals surface area contributed by atoms with Gasteiger partial charge in [-0.3, -0.25) is 0 Å². The molecule has 144 valence electrons. The van der Waals surface area contributed by atoms with E-state index in [1.807, 2.05) is 24.3 Å². The molecule has 6 nitrogen and oxygen atoms in total. The van der Waals surface area contributed by atoms with E-state index in [0.29, 0.717) is 17.1 Å². The molecule has 1 aliphatic heterocycles. The second-order valence-corrected chi connectivity index (χ2v) is 7.60. The molecule has 1 aliphatic carbocycles. The molecular weight excluding hydrogens is 364 g/mol. The van der Waals surface area contributed by atoms with Gasteiger partial charge in [0.2, 0.25) is 0 Å². The van der Waals surface area contributed by atoms with Gasteiger partial charge in [0.1, 0.15) is 28.3 Å². The summed E-state index contributed by atoms with van der Waals surface area (Å²) in [5.41, 5.74) is 0.998. The molecule has 0 radical (unpaired) electrons. The fourth-order valence-corrected chi connectivity index (χ4v) is 3.72. The monoisotopic (exact) mass is 388 g/mol. The highest BCUT2D eigenvalue weighted by molar-refractivity contribution is 6.29. The SMILES string of the molecule is COc1cc(NC2CCCN(c3cc(Cl)nc(C4CC4)n3)C2)cc(OC)c1. The van der Waals surface area contributed by atoms with E-state index in [0.717, 1.165) is 54.8 Å². The Bertz CT molecular complexity index is 790. The van der Waals surface area contributed by atoms with E-state index in [-0.39, 0.29) is 0 Å². The Morgan fingerprint density at radius 3 is 2.44 bits per heavy atom. The third-order valence-electron chi connectivity index (χ3n) is 5.11. The topological polar surface area (TPSA) is 59.5 Å². The molecule has 4 rings (SSSR count). The summed E-state index contributed by atoms with van der Waals surface area (Å²) in [6.07, 6.45) is 4.53. The number of ether oxygens (including phenoxy) is 2. The van der Waals surface area contributed by atoms with Crippen molar-refractivity contribution in [2.24, 2.45) is 0 Å². The molecule has 1 N–H and O–H groups in total. The quantitative estimate of drug-likeness (QED) is 0.751. The lowest BCUT2D eigenvalue weighted by atomic mass is 10.1. The summed E-state index contributed by atoms with van der Waals surface area (Å²) >= 11 is 6.25. The summed E-state index contributed by atoms with van der Waals surface area (Å²) in [7, 11) is 3.33. The molecule has 1 saturated carbocycles. The van der Waals surface area contributed by atoms with Gasteiger partial charge in [0.05, 0.1) is 14.2 Å². The maximum Gasteiger partial charge on any atom is 0.135 e. The van der Waals surface area contributed by atoms with Crippen LogP contribution in [0.2, 0.25) is 5.15 Å². The summed E-state index contributed by atoms with van der Waals surface area (Å²) in [6, 6.07) is 8.06. The van der Waals surface area contributed by atoms with Crippen LogP contribution in [0.4, 0.5) is 11.5 Å². The number of benzene rings is 1. The first-order chi connectivity index (χ1) is 13.1. The Hall–Kier alpha value is -2.21. The van der Waals surface area contributed by atoms with Gasteiger partial charge < -0.3 is 19.7 Å². The molecule has 1 aromatic carbocycles. The van der Waals surface area contributed by atoms with Gasteiger partial charge in [0, 0.05) is 55.0 Å². The number of anilines is 2. The fourth-order valence-electron chi connectivity index (χ4n) is 3.54. The zero-order valence-corrected chi connectivity index (χ0v) is 16.5. The molecule has 1 atom stereocenters. The van der Waals surface area contributed by atoms with Gasteiger partial charge in [0.25, 0.3) is 0 Å². The maximum absolute atomic E-state index is 6.25. The van der Waals surface area contributed by atoms with Crippen LogP contribution in [0.3, 0.4) is 0 Å². The molecular formula is C20H25ClN4O2. The molecule has 0 bridgehead atoms. The predicted molar refractivity (Wildman–Crippen MR) is 107 cm³/mol. The Morgan fingerprint density at radius 2 is 1.78 bits per heavy atom. The zero-order valence-electron chi connectivity index (χ0n) is 15.7. The first-order valence-electron chi connectivity index (χ1n) is 9.43. The van der Waals surface area contributed by atoms with Crippen molar-refractivity contribution >= 4 is 23.1 Å². The number of nitrogens with one attached hydrogen (secondary N) is 1. The van der Waals surface area contributed by atoms with Crippen LogP contribution in [0.25, 0.3) is 0 Å². The van der Waals surface area contributed by atoms with Crippen molar-refractivity contribution in [2.45, 2.75) is 37.6 Å². The van der Waals surface area contributed by atoms with E-state index in [2.05, 4.69) is 15.2 Å². The van der Waals surface area contributed by atoms with Gasteiger partial charge in [-0.05, 0) is 25.7 Å². The number of hydrogen-bond acceptors (Lipinski definition) is 6. The molecule has 0 spiro atoms. The van der Waals surface area contributed by atoms with Crippen molar-refractivity contribution < 1.29 is 9.47 Å². The number of rotatable bonds is 6. The minimum atomic E-state index is 0.314. The number of halogens is 1. The van der Waals surface area contributed by atoms with Crippen LogP contribution >= 0.6 is 11.6 Å². The van der Waals surface area contributed by atoms with Gasteiger partial charge >= 0.3 is 0 Å². The highest BCUT2D eigenvalue weighted by Gasteiger charge is 2.29. The van der Waals surface area contributed by atoms with Crippen LogP contribution in [0, 0.1) is 0 Å². The highest BCUT2D eigenvalue weighted by Crippen LogP contribution is 2.39. The molecule has 1 aromatic heterocycles. The molecule has 2 aromatic rings. The maximum atomic E-state index is 6.25. The largest absolute Gasteiger partial charge is 0.497 e. The van der Waals surface area contributed by atoms with Crippen molar-refractivity contribution in [2.75, 3.05) is 37.5 Å². The lowest BCUT2D eigenvalue weighted by Gasteiger charge is -2.34. The molecule has 7 heteroatoms. The number of piperidine rings is 1. The first kappa shape index (κ1) is 18.2. The van der Waals surface area contributed by atoms with E-state index in [1.165, 1.54) is 12.8 Å². The van der Waals surface area contributed by atoms with Crippen LogP contribution in [-0.2, 0) is 0 Å². The lowest BCUT2D eigenvalue weighted by molar-refractivity contribution is 0.394. The number of hydrogen-bond donors (Lipinski definition) is 1. The minimum Gasteiger partial charge on any atom is -0.497 e. The normalized spacial score (nSPS) is 19.7. The lowest BCUT2D eigenvalue weighted by Crippen LogP contribution is -2.42. The predicted octanol–water partition coefficient (Wildman–Crippen LogP) is 4.11. The summed E-state index contributed by atoms with van der Waals surface area (Å²) in [5.74, 6) is 3.88. The Balaban J connectivity index is 1.48. The second-order valence-electron chi connectivity index (χ2n) is 7.21.